The van der Waals surface area contributed by atoms with E-state index in [2.05, 4.69) is 20.5 Å². The number of hydrazone groups is 1. The molecular formula is C19H15ClN4O2. The van der Waals surface area contributed by atoms with Crippen LogP contribution in [0.2, 0.25) is 5.02 Å². The second-order valence-electron chi connectivity index (χ2n) is 5.65. The Morgan fingerprint density at radius 1 is 1.19 bits per heavy atom. The second-order valence-corrected chi connectivity index (χ2v) is 6.09. The van der Waals surface area contributed by atoms with Gasteiger partial charge in [0.2, 0.25) is 0 Å². The zero-order chi connectivity index (χ0) is 18.1. The lowest BCUT2D eigenvalue weighted by atomic mass is 10.1. The molecule has 2 aromatic carbocycles. The molecule has 0 saturated heterocycles. The molecule has 0 bridgehead atoms. The van der Waals surface area contributed by atoms with Crippen molar-refractivity contribution in [2.75, 3.05) is 12.5 Å². The van der Waals surface area contributed by atoms with E-state index in [9.17, 15) is 0 Å². The smallest absolute Gasteiger partial charge is 0.197 e. The molecular weight excluding hydrogens is 352 g/mol. The number of nitrogens with one attached hydrogen (secondary N) is 1. The Hall–Kier alpha value is -3.12. The van der Waals surface area contributed by atoms with Crippen molar-refractivity contribution in [3.63, 3.8) is 0 Å². The fraction of sp³-hybridized carbons (Fsp3) is 0.105. The van der Waals surface area contributed by atoms with Crippen LogP contribution in [0.4, 0.5) is 5.82 Å². The van der Waals surface area contributed by atoms with Gasteiger partial charge in [-0.25, -0.2) is 9.97 Å². The maximum Gasteiger partial charge on any atom is 0.197 e. The maximum atomic E-state index is 6.09. The van der Waals surface area contributed by atoms with Crippen LogP contribution in [0.1, 0.15) is 12.5 Å². The molecule has 4 aromatic rings. The summed E-state index contributed by atoms with van der Waals surface area (Å²) in [6.07, 6.45) is 1.48. The van der Waals surface area contributed by atoms with Crippen LogP contribution in [0.5, 0.6) is 5.75 Å². The average Bonchev–Trinajstić information content (AvgIpc) is 3.05. The summed E-state index contributed by atoms with van der Waals surface area (Å²) in [5, 5.41) is 5.96. The highest BCUT2D eigenvalue weighted by Crippen LogP contribution is 2.30. The summed E-state index contributed by atoms with van der Waals surface area (Å²) >= 11 is 6.09. The van der Waals surface area contributed by atoms with Crippen LogP contribution in [0.15, 0.2) is 58.3 Å². The Labute approximate surface area is 154 Å². The molecule has 2 aromatic heterocycles. The summed E-state index contributed by atoms with van der Waals surface area (Å²) in [4.78, 5) is 8.57. The number of halogens is 1. The van der Waals surface area contributed by atoms with Crippen molar-refractivity contribution >= 4 is 45.2 Å². The van der Waals surface area contributed by atoms with E-state index in [1.165, 1.54) is 6.33 Å². The third-order valence-electron chi connectivity index (χ3n) is 4.04. The van der Waals surface area contributed by atoms with E-state index < -0.39 is 0 Å². The van der Waals surface area contributed by atoms with Crippen molar-refractivity contribution in [2.24, 2.45) is 5.10 Å². The molecule has 0 aliphatic heterocycles. The van der Waals surface area contributed by atoms with E-state index in [-0.39, 0.29) is 0 Å². The topological polar surface area (TPSA) is 72.5 Å². The predicted molar refractivity (Wildman–Crippen MR) is 103 cm³/mol. The SMILES string of the molecule is COc1ccc(Cl)cc1/C(C)=N\Nc1ncnc2c1oc1ccccc12. The molecule has 0 fully saturated rings. The number of methoxy groups -OCH3 is 1. The molecule has 0 spiro atoms. The molecule has 0 radical (unpaired) electrons. The standard InChI is InChI=1S/C19H15ClN4O2/c1-11(14-9-12(20)7-8-15(14)25-2)23-24-19-18-17(21-10-22-19)13-5-3-4-6-16(13)26-18/h3-10H,1-2H3,(H,21,22,24)/b23-11-. The van der Waals surface area contributed by atoms with E-state index >= 15 is 0 Å². The van der Waals surface area contributed by atoms with Gasteiger partial charge in [-0.3, -0.25) is 5.43 Å². The number of ether oxygens (including phenoxy) is 1. The highest BCUT2D eigenvalue weighted by Gasteiger charge is 2.13. The summed E-state index contributed by atoms with van der Waals surface area (Å²) in [5.41, 5.74) is 6.51. The van der Waals surface area contributed by atoms with E-state index in [0.29, 0.717) is 27.9 Å². The second kappa shape index (κ2) is 6.65. The van der Waals surface area contributed by atoms with Gasteiger partial charge in [0, 0.05) is 16.0 Å². The lowest BCUT2D eigenvalue weighted by Gasteiger charge is -2.09. The molecule has 0 atom stereocenters. The molecule has 0 saturated carbocycles. The largest absolute Gasteiger partial charge is 0.496 e. The van der Waals surface area contributed by atoms with E-state index in [0.717, 1.165) is 22.0 Å². The molecule has 7 heteroatoms. The Bertz CT molecular complexity index is 1140. The number of nitrogens with zero attached hydrogens (tertiary/aromatic N) is 3. The number of benzene rings is 2. The predicted octanol–water partition coefficient (Wildman–Crippen LogP) is 4.87. The number of para-hydroxylation sites is 1. The van der Waals surface area contributed by atoms with Gasteiger partial charge < -0.3 is 9.15 Å². The van der Waals surface area contributed by atoms with E-state index in [1.807, 2.05) is 31.2 Å². The molecule has 0 unspecified atom stereocenters. The normalized spacial score (nSPS) is 11.9. The third kappa shape index (κ3) is 2.84. The van der Waals surface area contributed by atoms with Crippen LogP contribution in [0.3, 0.4) is 0 Å². The first-order valence-electron chi connectivity index (χ1n) is 7.94. The van der Waals surface area contributed by atoms with Crippen molar-refractivity contribution in [3.8, 4) is 5.75 Å². The summed E-state index contributed by atoms with van der Waals surface area (Å²) in [5.74, 6) is 1.18. The molecule has 26 heavy (non-hydrogen) atoms. The quantitative estimate of drug-likeness (QED) is 0.412. The van der Waals surface area contributed by atoms with Gasteiger partial charge in [-0.05, 0) is 37.3 Å². The van der Waals surface area contributed by atoms with Crippen LogP contribution >= 0.6 is 11.6 Å². The number of hydrogen-bond acceptors (Lipinski definition) is 6. The number of hydrogen-bond donors (Lipinski definition) is 1. The van der Waals surface area contributed by atoms with Crippen molar-refractivity contribution in [1.29, 1.82) is 0 Å². The average molecular weight is 367 g/mol. The highest BCUT2D eigenvalue weighted by atomic mass is 35.5. The monoisotopic (exact) mass is 366 g/mol. The molecule has 0 amide bonds. The number of anilines is 1. The number of rotatable bonds is 4. The zero-order valence-electron chi connectivity index (χ0n) is 14.2. The third-order valence-corrected chi connectivity index (χ3v) is 4.27. The van der Waals surface area contributed by atoms with Crippen molar-refractivity contribution in [2.45, 2.75) is 6.92 Å². The van der Waals surface area contributed by atoms with Gasteiger partial charge in [0.25, 0.3) is 0 Å². The molecule has 4 rings (SSSR count). The minimum Gasteiger partial charge on any atom is -0.496 e. The highest BCUT2D eigenvalue weighted by molar-refractivity contribution is 6.31. The lowest BCUT2D eigenvalue weighted by molar-refractivity contribution is 0.414. The minimum absolute atomic E-state index is 0.492. The summed E-state index contributed by atoms with van der Waals surface area (Å²) < 4.78 is 11.3. The molecule has 130 valence electrons. The van der Waals surface area contributed by atoms with Crippen molar-refractivity contribution in [1.82, 2.24) is 9.97 Å². The van der Waals surface area contributed by atoms with Crippen molar-refractivity contribution in [3.05, 3.63) is 59.4 Å². The van der Waals surface area contributed by atoms with Crippen LogP contribution < -0.4 is 10.2 Å². The molecule has 2 heterocycles. The van der Waals surface area contributed by atoms with Gasteiger partial charge in [0.1, 0.15) is 23.2 Å². The molecule has 6 nitrogen and oxygen atoms in total. The summed E-state index contributed by atoms with van der Waals surface area (Å²) in [7, 11) is 1.61. The Morgan fingerprint density at radius 2 is 2.04 bits per heavy atom. The summed E-state index contributed by atoms with van der Waals surface area (Å²) in [6.45, 7) is 1.86. The number of furan rings is 1. The Kier molecular flexibility index (Phi) is 4.18. The Morgan fingerprint density at radius 3 is 2.88 bits per heavy atom. The van der Waals surface area contributed by atoms with Gasteiger partial charge in [-0.2, -0.15) is 5.10 Å². The lowest BCUT2D eigenvalue weighted by Crippen LogP contribution is -2.03. The maximum absolute atomic E-state index is 6.09. The van der Waals surface area contributed by atoms with Gasteiger partial charge in [-0.1, -0.05) is 23.7 Å². The number of aromatic nitrogens is 2. The minimum atomic E-state index is 0.492. The fourth-order valence-electron chi connectivity index (χ4n) is 2.76. The van der Waals surface area contributed by atoms with Crippen LogP contribution in [0, 0.1) is 0 Å². The first-order chi connectivity index (χ1) is 12.7. The first kappa shape index (κ1) is 16.4. The van der Waals surface area contributed by atoms with Gasteiger partial charge in [-0.15, -0.1) is 0 Å². The van der Waals surface area contributed by atoms with Crippen LogP contribution in [0.25, 0.3) is 22.1 Å². The molecule has 0 aliphatic carbocycles. The van der Waals surface area contributed by atoms with E-state index in [4.69, 9.17) is 20.8 Å². The first-order valence-corrected chi connectivity index (χ1v) is 8.31. The molecule has 1 N–H and O–H groups in total. The van der Waals surface area contributed by atoms with Crippen LogP contribution in [-0.2, 0) is 0 Å². The van der Waals surface area contributed by atoms with E-state index in [1.54, 1.807) is 25.3 Å². The van der Waals surface area contributed by atoms with Gasteiger partial charge in [0.05, 0.1) is 12.8 Å². The van der Waals surface area contributed by atoms with Gasteiger partial charge in [0.15, 0.2) is 11.4 Å². The zero-order valence-corrected chi connectivity index (χ0v) is 14.9. The fourth-order valence-corrected chi connectivity index (χ4v) is 2.94. The Balaban J connectivity index is 1.74. The van der Waals surface area contributed by atoms with Crippen molar-refractivity contribution < 1.29 is 9.15 Å². The van der Waals surface area contributed by atoms with Crippen LogP contribution in [-0.4, -0.2) is 22.8 Å². The summed E-state index contributed by atoms with van der Waals surface area (Å²) in [6, 6.07) is 13.1. The van der Waals surface area contributed by atoms with Gasteiger partial charge >= 0.3 is 0 Å². The molecule has 0 aliphatic rings. The number of fused-ring (bicyclic) bond motifs is 3.